The van der Waals surface area contributed by atoms with Gasteiger partial charge in [0.05, 0.1) is 20.6 Å². The molecule has 0 spiro atoms. The molecule has 0 fully saturated rings. The number of amides is 1. The topological polar surface area (TPSA) is 86.5 Å². The molecule has 7 heteroatoms. The van der Waals surface area contributed by atoms with Crippen molar-refractivity contribution in [1.82, 2.24) is 10.2 Å². The average molecular weight is 367 g/mol. The fourth-order valence-corrected chi connectivity index (χ4v) is 2.57. The third kappa shape index (κ3) is 4.44. The van der Waals surface area contributed by atoms with E-state index in [1.165, 1.54) is 25.3 Å². The Morgan fingerprint density at radius 1 is 1.00 bits per heavy atom. The van der Waals surface area contributed by atoms with E-state index in [-0.39, 0.29) is 6.01 Å². The first-order valence-electron chi connectivity index (χ1n) is 8.41. The largest absolute Gasteiger partial charge is 0.497 e. The molecule has 1 heterocycles. The van der Waals surface area contributed by atoms with E-state index in [1.54, 1.807) is 18.2 Å². The summed E-state index contributed by atoms with van der Waals surface area (Å²) < 4.78 is 15.9. The number of nitrogens with one attached hydrogen (secondary N) is 1. The van der Waals surface area contributed by atoms with Crippen LogP contribution in [0.4, 0.5) is 6.01 Å². The monoisotopic (exact) mass is 367 g/mol. The van der Waals surface area contributed by atoms with E-state index in [0.29, 0.717) is 29.4 Å². The zero-order valence-corrected chi connectivity index (χ0v) is 15.7. The van der Waals surface area contributed by atoms with Gasteiger partial charge in [0.2, 0.25) is 5.89 Å². The lowest BCUT2D eigenvalue weighted by atomic mass is 10.0. The van der Waals surface area contributed by atoms with E-state index in [9.17, 15) is 4.79 Å². The maximum Gasteiger partial charge on any atom is 0.322 e. The van der Waals surface area contributed by atoms with Crippen LogP contribution in [0.25, 0.3) is 0 Å². The Bertz CT molecular complexity index is 943. The number of benzene rings is 2. The molecule has 27 heavy (non-hydrogen) atoms. The van der Waals surface area contributed by atoms with E-state index in [0.717, 1.165) is 5.56 Å². The number of carbonyl (C=O) groups excluding carboxylic acids is 1. The van der Waals surface area contributed by atoms with E-state index < -0.39 is 5.91 Å². The van der Waals surface area contributed by atoms with Gasteiger partial charge in [-0.1, -0.05) is 23.3 Å². The molecule has 0 unspecified atom stereocenters. The molecule has 0 aliphatic rings. The van der Waals surface area contributed by atoms with Crippen molar-refractivity contribution < 1.29 is 18.7 Å². The van der Waals surface area contributed by atoms with E-state index in [2.05, 4.69) is 41.5 Å². The van der Waals surface area contributed by atoms with Crippen molar-refractivity contribution in [2.24, 2.45) is 0 Å². The summed E-state index contributed by atoms with van der Waals surface area (Å²) in [4.78, 5) is 12.5. The Labute approximate surface area is 157 Å². The average Bonchev–Trinajstić information content (AvgIpc) is 3.10. The van der Waals surface area contributed by atoms with Gasteiger partial charge >= 0.3 is 6.01 Å². The number of anilines is 1. The highest BCUT2D eigenvalue weighted by molar-refractivity contribution is 6.03. The number of rotatable bonds is 6. The molecular weight excluding hydrogens is 346 g/mol. The zero-order chi connectivity index (χ0) is 19.4. The van der Waals surface area contributed by atoms with E-state index in [1.807, 2.05) is 6.07 Å². The van der Waals surface area contributed by atoms with Crippen LogP contribution in [0.3, 0.4) is 0 Å². The second-order valence-corrected chi connectivity index (χ2v) is 6.15. The van der Waals surface area contributed by atoms with Gasteiger partial charge in [0.1, 0.15) is 11.5 Å². The lowest BCUT2D eigenvalue weighted by Crippen LogP contribution is -2.12. The Morgan fingerprint density at radius 2 is 1.70 bits per heavy atom. The summed E-state index contributed by atoms with van der Waals surface area (Å²) in [7, 11) is 3.04. The molecular formula is C20H21N3O4. The minimum Gasteiger partial charge on any atom is -0.497 e. The first kappa shape index (κ1) is 18.4. The second kappa shape index (κ2) is 7.90. The lowest BCUT2D eigenvalue weighted by Gasteiger charge is -2.07. The molecule has 1 amide bonds. The molecule has 140 valence electrons. The van der Waals surface area contributed by atoms with Crippen LogP contribution in [-0.4, -0.2) is 30.3 Å². The SMILES string of the molecule is COc1cc(OC)cc(C(=O)Nc2nnc(Cc3ccc(C)c(C)c3)o2)c1. The Kier molecular flexibility index (Phi) is 5.40. The zero-order valence-electron chi connectivity index (χ0n) is 15.7. The van der Waals surface area contributed by atoms with Crippen LogP contribution >= 0.6 is 0 Å². The van der Waals surface area contributed by atoms with Crippen molar-refractivity contribution in [1.29, 1.82) is 0 Å². The van der Waals surface area contributed by atoms with Crippen molar-refractivity contribution in [3.05, 3.63) is 64.5 Å². The van der Waals surface area contributed by atoms with Crippen molar-refractivity contribution in [3.8, 4) is 11.5 Å². The van der Waals surface area contributed by atoms with Gasteiger partial charge in [-0.2, -0.15) is 0 Å². The summed E-state index contributed by atoms with van der Waals surface area (Å²) in [5.74, 6) is 1.06. The molecule has 0 bridgehead atoms. The van der Waals surface area contributed by atoms with Crippen molar-refractivity contribution in [2.75, 3.05) is 19.5 Å². The number of carbonyl (C=O) groups is 1. The maximum absolute atomic E-state index is 12.5. The third-order valence-corrected chi connectivity index (χ3v) is 4.23. The summed E-state index contributed by atoms with van der Waals surface area (Å²) in [6, 6.07) is 11.1. The predicted octanol–water partition coefficient (Wildman–Crippen LogP) is 3.55. The minimum atomic E-state index is -0.395. The molecule has 3 aromatic rings. The molecule has 0 radical (unpaired) electrons. The molecule has 3 rings (SSSR count). The number of hydrogen-bond acceptors (Lipinski definition) is 6. The minimum absolute atomic E-state index is 0.0422. The van der Waals surface area contributed by atoms with Crippen molar-refractivity contribution in [2.45, 2.75) is 20.3 Å². The van der Waals surface area contributed by atoms with Gasteiger partial charge < -0.3 is 13.9 Å². The highest BCUT2D eigenvalue weighted by Crippen LogP contribution is 2.23. The summed E-state index contributed by atoms with van der Waals surface area (Å²) in [5, 5.41) is 10.5. The van der Waals surface area contributed by atoms with Gasteiger partial charge in [-0.15, -0.1) is 5.10 Å². The van der Waals surface area contributed by atoms with Crippen LogP contribution in [0.15, 0.2) is 40.8 Å². The Balaban J connectivity index is 1.71. The maximum atomic E-state index is 12.5. The number of ether oxygens (including phenoxy) is 2. The number of methoxy groups -OCH3 is 2. The molecule has 0 aliphatic heterocycles. The third-order valence-electron chi connectivity index (χ3n) is 4.23. The van der Waals surface area contributed by atoms with E-state index in [4.69, 9.17) is 13.9 Å². The van der Waals surface area contributed by atoms with Crippen LogP contribution < -0.4 is 14.8 Å². The molecule has 1 aromatic heterocycles. The van der Waals surface area contributed by atoms with E-state index >= 15 is 0 Å². The quantitative estimate of drug-likeness (QED) is 0.717. The molecule has 0 aliphatic carbocycles. The van der Waals surface area contributed by atoms with Gasteiger partial charge in [-0.25, -0.2) is 0 Å². The van der Waals surface area contributed by atoms with Crippen LogP contribution in [-0.2, 0) is 6.42 Å². The molecule has 0 saturated heterocycles. The Hall–Kier alpha value is -3.35. The van der Waals surface area contributed by atoms with Gasteiger partial charge in [0.25, 0.3) is 5.91 Å². The number of aromatic nitrogens is 2. The standard InChI is InChI=1S/C20H21N3O4/c1-12-5-6-14(7-13(12)2)8-18-22-23-20(27-18)21-19(24)15-9-16(25-3)11-17(10-15)26-4/h5-7,9-11H,8H2,1-4H3,(H,21,23,24). The van der Waals surface area contributed by atoms with Crippen molar-refractivity contribution >= 4 is 11.9 Å². The fourth-order valence-electron chi connectivity index (χ4n) is 2.57. The second-order valence-electron chi connectivity index (χ2n) is 6.15. The van der Waals surface area contributed by atoms with Crippen LogP contribution in [0, 0.1) is 13.8 Å². The number of nitrogens with zero attached hydrogens (tertiary/aromatic N) is 2. The fraction of sp³-hybridized carbons (Fsp3) is 0.250. The summed E-state index contributed by atoms with van der Waals surface area (Å²) in [6.45, 7) is 4.12. The summed E-state index contributed by atoms with van der Waals surface area (Å²) in [5.41, 5.74) is 3.86. The Morgan fingerprint density at radius 3 is 2.33 bits per heavy atom. The first-order chi connectivity index (χ1) is 13.0. The summed E-state index contributed by atoms with van der Waals surface area (Å²) in [6.07, 6.45) is 0.497. The predicted molar refractivity (Wildman–Crippen MR) is 101 cm³/mol. The molecule has 7 nitrogen and oxygen atoms in total. The van der Waals surface area contributed by atoms with Crippen LogP contribution in [0.1, 0.15) is 32.9 Å². The smallest absolute Gasteiger partial charge is 0.322 e. The highest BCUT2D eigenvalue weighted by atomic mass is 16.5. The molecule has 0 atom stereocenters. The van der Waals surface area contributed by atoms with Gasteiger partial charge in [0, 0.05) is 11.6 Å². The molecule has 1 N–H and O–H groups in total. The molecule has 0 saturated carbocycles. The van der Waals surface area contributed by atoms with Gasteiger partial charge in [-0.05, 0) is 42.7 Å². The first-order valence-corrected chi connectivity index (χ1v) is 8.41. The number of aryl methyl sites for hydroxylation is 2. The van der Waals surface area contributed by atoms with Gasteiger partial charge in [0.15, 0.2) is 0 Å². The number of hydrogen-bond donors (Lipinski definition) is 1. The van der Waals surface area contributed by atoms with Crippen LogP contribution in [0.5, 0.6) is 11.5 Å². The lowest BCUT2D eigenvalue weighted by molar-refractivity contribution is 0.102. The van der Waals surface area contributed by atoms with Crippen LogP contribution in [0.2, 0.25) is 0 Å². The summed E-state index contributed by atoms with van der Waals surface area (Å²) >= 11 is 0. The van der Waals surface area contributed by atoms with Gasteiger partial charge in [-0.3, -0.25) is 10.1 Å². The normalized spacial score (nSPS) is 10.5. The highest BCUT2D eigenvalue weighted by Gasteiger charge is 2.14. The van der Waals surface area contributed by atoms with Crippen molar-refractivity contribution in [3.63, 3.8) is 0 Å². The molecule has 2 aromatic carbocycles.